The molecular weight excluding hydrogens is 298 g/mol. The molecule has 0 bridgehead atoms. The third-order valence-corrected chi connectivity index (χ3v) is 3.72. The van der Waals surface area contributed by atoms with Crippen LogP contribution in [0.25, 0.3) is 0 Å². The minimum Gasteiger partial charge on any atom is -0.497 e. The van der Waals surface area contributed by atoms with E-state index in [9.17, 15) is 0 Å². The molecule has 0 radical (unpaired) electrons. The van der Waals surface area contributed by atoms with E-state index >= 15 is 0 Å². The van der Waals surface area contributed by atoms with E-state index in [1.807, 2.05) is 36.4 Å². The maximum absolute atomic E-state index is 6.28. The zero-order chi connectivity index (χ0) is 16.1. The minimum atomic E-state index is 0.397. The van der Waals surface area contributed by atoms with Crippen LogP contribution in [-0.4, -0.2) is 20.9 Å². The van der Waals surface area contributed by atoms with Crippen LogP contribution in [0.3, 0.4) is 0 Å². The largest absolute Gasteiger partial charge is 0.497 e. The first kappa shape index (κ1) is 16.6. The monoisotopic (exact) mass is 318 g/mol. The van der Waals surface area contributed by atoms with Gasteiger partial charge in [0.05, 0.1) is 19.2 Å². The molecule has 5 heteroatoms. The first-order valence-electron chi connectivity index (χ1n) is 7.17. The van der Waals surface area contributed by atoms with Crippen molar-refractivity contribution in [1.29, 1.82) is 0 Å². The van der Waals surface area contributed by atoms with Crippen LogP contribution in [0, 0.1) is 0 Å². The summed E-state index contributed by atoms with van der Waals surface area (Å²) in [5, 5.41) is 0.626. The Morgan fingerprint density at radius 3 is 2.09 bits per heavy atom. The highest BCUT2D eigenvalue weighted by Crippen LogP contribution is 2.26. The maximum Gasteiger partial charge on any atom is 0.169 e. The summed E-state index contributed by atoms with van der Waals surface area (Å²) in [6, 6.07) is 11.6. The number of rotatable bonds is 6. The van der Waals surface area contributed by atoms with Crippen molar-refractivity contribution in [2.75, 3.05) is 14.2 Å². The van der Waals surface area contributed by atoms with Gasteiger partial charge < -0.3 is 14.2 Å². The van der Waals surface area contributed by atoms with Gasteiger partial charge in [-0.05, 0) is 29.8 Å². The van der Waals surface area contributed by atoms with Crippen molar-refractivity contribution in [2.24, 2.45) is 0 Å². The summed E-state index contributed by atoms with van der Waals surface area (Å²) < 4.78 is 16.3. The minimum absolute atomic E-state index is 0.397. The Labute approximate surface area is 137 Å². The molecule has 0 heterocycles. The quantitative estimate of drug-likeness (QED) is 0.756. The van der Waals surface area contributed by atoms with Crippen LogP contribution in [0.1, 0.15) is 5.56 Å². The van der Waals surface area contributed by atoms with Crippen LogP contribution in [0.5, 0.6) is 17.2 Å². The van der Waals surface area contributed by atoms with Gasteiger partial charge in [0, 0.05) is 6.07 Å². The molecule has 3 nitrogen and oxygen atoms in total. The normalized spacial score (nSPS) is 10.2. The number of hydrogen-bond donors (Lipinski definition) is 0. The maximum atomic E-state index is 6.28. The van der Waals surface area contributed by atoms with Gasteiger partial charge in [-0.2, -0.15) is 0 Å². The number of ether oxygens (including phenoxy) is 3. The average Bonchev–Trinajstić information content (AvgIpc) is 2.53. The number of benzene rings is 2. The fourth-order valence-electron chi connectivity index (χ4n) is 2.10. The third-order valence-electron chi connectivity index (χ3n) is 3.43. The second-order valence-corrected chi connectivity index (χ2v) is 5.76. The molecule has 2 aromatic rings. The predicted molar refractivity (Wildman–Crippen MR) is 92.4 cm³/mol. The highest BCUT2D eigenvalue weighted by Gasteiger charge is 2.09. The van der Waals surface area contributed by atoms with Gasteiger partial charge in [-0.3, -0.25) is 0 Å². The summed E-state index contributed by atoms with van der Waals surface area (Å²) in [6.07, 6.45) is 0. The average molecular weight is 319 g/mol. The van der Waals surface area contributed by atoms with Crippen LogP contribution in [0.15, 0.2) is 36.4 Å². The van der Waals surface area contributed by atoms with Gasteiger partial charge in [0.2, 0.25) is 0 Å². The van der Waals surface area contributed by atoms with Gasteiger partial charge in [-0.15, -0.1) is 0 Å². The summed E-state index contributed by atoms with van der Waals surface area (Å²) in [7, 11) is 3.25. The van der Waals surface area contributed by atoms with Crippen molar-refractivity contribution >= 4 is 23.8 Å². The Hall–Kier alpha value is -1.81. The van der Waals surface area contributed by atoms with E-state index in [2.05, 4.69) is 13.6 Å². The zero-order valence-corrected chi connectivity index (χ0v) is 14.1. The van der Waals surface area contributed by atoms with Crippen LogP contribution in [0.2, 0.25) is 18.7 Å². The van der Waals surface area contributed by atoms with Gasteiger partial charge in [-0.1, -0.05) is 36.8 Å². The summed E-state index contributed by atoms with van der Waals surface area (Å²) in [4.78, 5) is 0. The molecule has 2 rings (SSSR count). The molecule has 0 fully saturated rings. The second kappa shape index (κ2) is 7.46. The standard InChI is InChI=1S/C17H20BClO3/c1-18(2)13-5-6-17(16(19)9-13)22-11-12-7-14(20-3)10-15(8-12)21-4/h5-10H,11H2,1-4H3. The van der Waals surface area contributed by atoms with Gasteiger partial charge in [0.1, 0.15) is 23.9 Å². The van der Waals surface area contributed by atoms with Crippen LogP contribution >= 0.6 is 11.6 Å². The Morgan fingerprint density at radius 1 is 0.955 bits per heavy atom. The highest BCUT2D eigenvalue weighted by atomic mass is 35.5. The molecule has 22 heavy (non-hydrogen) atoms. The Balaban J connectivity index is 2.13. The lowest BCUT2D eigenvalue weighted by Gasteiger charge is -2.12. The summed E-state index contributed by atoms with van der Waals surface area (Å²) in [6.45, 7) is 5.10. The first-order valence-corrected chi connectivity index (χ1v) is 7.55. The molecular formula is C17H20BClO3. The third kappa shape index (κ3) is 4.11. The lowest BCUT2D eigenvalue weighted by molar-refractivity contribution is 0.304. The van der Waals surface area contributed by atoms with E-state index in [0.29, 0.717) is 24.1 Å². The molecule has 0 amide bonds. The van der Waals surface area contributed by atoms with Crippen LogP contribution in [-0.2, 0) is 6.61 Å². The van der Waals surface area contributed by atoms with Crippen molar-refractivity contribution in [2.45, 2.75) is 20.3 Å². The number of hydrogen-bond acceptors (Lipinski definition) is 3. The molecule has 0 aliphatic heterocycles. The van der Waals surface area contributed by atoms with Crippen LogP contribution in [0.4, 0.5) is 0 Å². The molecule has 0 aliphatic carbocycles. The fourth-order valence-corrected chi connectivity index (χ4v) is 2.35. The fraction of sp³-hybridized carbons (Fsp3) is 0.294. The molecule has 0 saturated carbocycles. The predicted octanol–water partition coefficient (Wildman–Crippen LogP) is 3.90. The van der Waals surface area contributed by atoms with Gasteiger partial charge in [0.25, 0.3) is 0 Å². The summed E-state index contributed by atoms with van der Waals surface area (Å²) >= 11 is 6.28. The molecule has 0 aromatic heterocycles. The smallest absolute Gasteiger partial charge is 0.169 e. The van der Waals surface area contributed by atoms with Crippen molar-refractivity contribution in [1.82, 2.24) is 0 Å². The Bertz CT molecular complexity index is 622. The molecule has 0 N–H and O–H groups in total. The number of methoxy groups -OCH3 is 2. The van der Waals surface area contributed by atoms with E-state index in [-0.39, 0.29) is 0 Å². The van der Waals surface area contributed by atoms with Gasteiger partial charge in [-0.25, -0.2) is 0 Å². The molecule has 0 aliphatic rings. The van der Waals surface area contributed by atoms with Crippen molar-refractivity contribution in [3.05, 3.63) is 47.0 Å². The molecule has 0 spiro atoms. The lowest BCUT2D eigenvalue weighted by atomic mass is 9.49. The molecule has 116 valence electrons. The summed E-state index contributed by atoms with van der Waals surface area (Å²) in [5.74, 6) is 2.14. The highest BCUT2D eigenvalue weighted by molar-refractivity contribution is 6.70. The van der Waals surface area contributed by atoms with Crippen molar-refractivity contribution in [3.63, 3.8) is 0 Å². The number of halogens is 1. The lowest BCUT2D eigenvalue weighted by Crippen LogP contribution is -2.22. The van der Waals surface area contributed by atoms with Crippen molar-refractivity contribution in [3.8, 4) is 17.2 Å². The van der Waals surface area contributed by atoms with E-state index in [0.717, 1.165) is 17.1 Å². The Kier molecular flexibility index (Phi) is 5.61. The summed E-state index contributed by atoms with van der Waals surface area (Å²) in [5.41, 5.74) is 2.15. The molecule has 2 aromatic carbocycles. The van der Waals surface area contributed by atoms with E-state index in [1.54, 1.807) is 14.2 Å². The van der Waals surface area contributed by atoms with Crippen LogP contribution < -0.4 is 19.7 Å². The van der Waals surface area contributed by atoms with Crippen molar-refractivity contribution < 1.29 is 14.2 Å². The van der Waals surface area contributed by atoms with Gasteiger partial charge in [0.15, 0.2) is 6.71 Å². The van der Waals surface area contributed by atoms with E-state index in [4.69, 9.17) is 25.8 Å². The Morgan fingerprint density at radius 2 is 1.59 bits per heavy atom. The van der Waals surface area contributed by atoms with E-state index in [1.165, 1.54) is 5.46 Å². The van der Waals surface area contributed by atoms with E-state index < -0.39 is 0 Å². The molecule has 0 saturated heterocycles. The SMILES string of the molecule is COc1cc(COc2ccc(B(C)C)cc2Cl)cc(OC)c1. The molecule has 0 unspecified atom stereocenters. The topological polar surface area (TPSA) is 27.7 Å². The molecule has 0 atom stereocenters. The zero-order valence-electron chi connectivity index (χ0n) is 13.4. The first-order chi connectivity index (χ1) is 10.5. The second-order valence-electron chi connectivity index (χ2n) is 5.35. The van der Waals surface area contributed by atoms with Gasteiger partial charge >= 0.3 is 0 Å².